The lowest BCUT2D eigenvalue weighted by atomic mass is 10.2. The van der Waals surface area contributed by atoms with Gasteiger partial charge in [-0.2, -0.15) is 0 Å². The summed E-state index contributed by atoms with van der Waals surface area (Å²) < 4.78 is 5.98. The van der Waals surface area contributed by atoms with Gasteiger partial charge in [0.25, 0.3) is 0 Å². The normalized spacial score (nSPS) is 20.8. The van der Waals surface area contributed by atoms with E-state index in [0.717, 1.165) is 77.3 Å². The average molecular weight is 560 g/mol. The first kappa shape index (κ1) is 27.1. The van der Waals surface area contributed by atoms with Gasteiger partial charge in [0.1, 0.15) is 5.82 Å². The number of nitrogens with one attached hydrogen (secondary N) is 2. The van der Waals surface area contributed by atoms with Crippen LogP contribution in [0.5, 0.6) is 0 Å². The van der Waals surface area contributed by atoms with E-state index in [9.17, 15) is 0 Å². The number of ether oxygens (including phenoxy) is 1. The second kappa shape index (κ2) is 14.2. The molecule has 1 unspecified atom stereocenters. The first-order valence-corrected chi connectivity index (χ1v) is 11.8. The van der Waals surface area contributed by atoms with Crippen molar-refractivity contribution < 1.29 is 4.74 Å². The lowest BCUT2D eigenvalue weighted by Gasteiger charge is -2.34. The summed E-state index contributed by atoms with van der Waals surface area (Å²) in [6.45, 7) is 16.9. The van der Waals surface area contributed by atoms with Crippen molar-refractivity contribution in [2.75, 3.05) is 77.5 Å². The highest BCUT2D eigenvalue weighted by molar-refractivity contribution is 14.0. The molecule has 0 aliphatic carbocycles. The van der Waals surface area contributed by atoms with Crippen LogP contribution in [0.25, 0.3) is 0 Å². The molecule has 2 aliphatic rings. The summed E-state index contributed by atoms with van der Waals surface area (Å²) in [5.74, 6) is 2.58. The van der Waals surface area contributed by atoms with Crippen molar-refractivity contribution in [2.24, 2.45) is 10.9 Å². The van der Waals surface area contributed by atoms with Gasteiger partial charge in [0.2, 0.25) is 0 Å². The molecule has 2 aliphatic heterocycles. The Hall–Kier alpha value is -1.17. The molecule has 0 spiro atoms. The van der Waals surface area contributed by atoms with Gasteiger partial charge >= 0.3 is 0 Å². The van der Waals surface area contributed by atoms with Crippen LogP contribution in [0.15, 0.2) is 23.3 Å². The fourth-order valence-corrected chi connectivity index (χ4v) is 4.16. The summed E-state index contributed by atoms with van der Waals surface area (Å²) in [5.41, 5.74) is 1.17. The van der Waals surface area contributed by atoms with E-state index in [0.29, 0.717) is 12.5 Å². The summed E-state index contributed by atoms with van der Waals surface area (Å²) in [6.07, 6.45) is 2.07. The molecule has 0 aromatic carbocycles. The average Bonchev–Trinajstić information content (AvgIpc) is 2.76. The highest BCUT2D eigenvalue weighted by Gasteiger charge is 2.21. The number of anilines is 1. The Balaban J connectivity index is 0.00000363. The van der Waals surface area contributed by atoms with E-state index in [2.05, 4.69) is 64.2 Å². The SMILES string of the molecule is CCNC(=NCc1cccnc1N1CCN(C)CC1)NCC1CN(CC(C)C)CCO1.I. The van der Waals surface area contributed by atoms with Gasteiger partial charge in [-0.05, 0) is 26.0 Å². The van der Waals surface area contributed by atoms with Crippen molar-refractivity contribution in [3.05, 3.63) is 23.9 Å². The third kappa shape index (κ3) is 8.64. The molecule has 1 atom stereocenters. The number of likely N-dealkylation sites (N-methyl/N-ethyl adjacent to an activating group) is 1. The number of aliphatic imine (C=N–C) groups is 1. The summed E-state index contributed by atoms with van der Waals surface area (Å²) in [7, 11) is 2.17. The molecule has 2 N–H and O–H groups in total. The molecule has 182 valence electrons. The molecule has 2 fully saturated rings. The predicted molar refractivity (Wildman–Crippen MR) is 143 cm³/mol. The van der Waals surface area contributed by atoms with Crippen LogP contribution in [0.4, 0.5) is 5.82 Å². The van der Waals surface area contributed by atoms with E-state index in [1.807, 2.05) is 12.3 Å². The van der Waals surface area contributed by atoms with Crippen LogP contribution < -0.4 is 15.5 Å². The fraction of sp³-hybridized carbons (Fsp3) is 0.739. The predicted octanol–water partition coefficient (Wildman–Crippen LogP) is 1.86. The Morgan fingerprint density at radius 3 is 2.72 bits per heavy atom. The van der Waals surface area contributed by atoms with Crippen molar-refractivity contribution in [3.63, 3.8) is 0 Å². The first-order valence-electron chi connectivity index (χ1n) is 11.8. The Kier molecular flexibility index (Phi) is 12.0. The molecule has 0 amide bonds. The van der Waals surface area contributed by atoms with Crippen LogP contribution in [0.3, 0.4) is 0 Å². The Bertz CT molecular complexity index is 695. The van der Waals surface area contributed by atoms with Gasteiger partial charge in [0.15, 0.2) is 5.96 Å². The quantitative estimate of drug-likeness (QED) is 0.287. The number of morpholine rings is 1. The van der Waals surface area contributed by atoms with Crippen molar-refractivity contribution in [1.29, 1.82) is 0 Å². The molecular formula is C23H42IN7O. The lowest BCUT2D eigenvalue weighted by molar-refractivity contribution is -0.0284. The largest absolute Gasteiger partial charge is 0.374 e. The van der Waals surface area contributed by atoms with E-state index in [4.69, 9.17) is 9.73 Å². The standard InChI is InChI=1S/C23H41N7O.HI/c1-5-24-23(27-16-21-18-29(13-14-31-21)17-19(2)3)26-15-20-7-6-8-25-22(20)30-11-9-28(4)10-12-30;/h6-8,19,21H,5,9-18H2,1-4H3,(H2,24,26,27);1H. The smallest absolute Gasteiger partial charge is 0.191 e. The third-order valence-corrected chi connectivity index (χ3v) is 5.77. The zero-order chi connectivity index (χ0) is 22.1. The number of halogens is 1. The maximum atomic E-state index is 5.98. The van der Waals surface area contributed by atoms with Crippen LogP contribution in [0, 0.1) is 5.92 Å². The minimum absolute atomic E-state index is 0. The van der Waals surface area contributed by atoms with Crippen LogP contribution in [-0.4, -0.2) is 99.4 Å². The van der Waals surface area contributed by atoms with Crippen LogP contribution in [0.2, 0.25) is 0 Å². The van der Waals surface area contributed by atoms with E-state index in [-0.39, 0.29) is 30.1 Å². The molecular weight excluding hydrogens is 517 g/mol. The van der Waals surface area contributed by atoms with E-state index in [1.54, 1.807) is 0 Å². The van der Waals surface area contributed by atoms with Crippen molar-refractivity contribution in [1.82, 2.24) is 25.4 Å². The van der Waals surface area contributed by atoms with E-state index >= 15 is 0 Å². The van der Waals surface area contributed by atoms with E-state index in [1.165, 1.54) is 5.56 Å². The maximum Gasteiger partial charge on any atom is 0.191 e. The molecule has 0 bridgehead atoms. The number of aromatic nitrogens is 1. The zero-order valence-corrected chi connectivity index (χ0v) is 22.5. The Morgan fingerprint density at radius 1 is 1.22 bits per heavy atom. The first-order chi connectivity index (χ1) is 15.0. The molecule has 3 heterocycles. The van der Waals surface area contributed by atoms with Crippen molar-refractivity contribution >= 4 is 35.8 Å². The van der Waals surface area contributed by atoms with Crippen molar-refractivity contribution in [2.45, 2.75) is 33.4 Å². The molecule has 0 radical (unpaired) electrons. The second-order valence-electron chi connectivity index (χ2n) is 9.00. The molecule has 8 nitrogen and oxygen atoms in total. The number of rotatable bonds is 8. The maximum absolute atomic E-state index is 5.98. The minimum atomic E-state index is 0. The highest BCUT2D eigenvalue weighted by Crippen LogP contribution is 2.19. The van der Waals surface area contributed by atoms with Crippen LogP contribution >= 0.6 is 24.0 Å². The number of pyridine rings is 1. The Labute approximate surface area is 211 Å². The molecule has 2 saturated heterocycles. The molecule has 1 aromatic heterocycles. The van der Waals surface area contributed by atoms with Gasteiger partial charge < -0.3 is 25.2 Å². The summed E-state index contributed by atoms with van der Waals surface area (Å²) >= 11 is 0. The van der Waals surface area contributed by atoms with Gasteiger partial charge in [0.05, 0.1) is 19.3 Å². The van der Waals surface area contributed by atoms with Gasteiger partial charge in [-0.1, -0.05) is 19.9 Å². The van der Waals surface area contributed by atoms with Crippen LogP contribution in [-0.2, 0) is 11.3 Å². The number of hydrogen-bond acceptors (Lipinski definition) is 6. The second-order valence-corrected chi connectivity index (χ2v) is 9.00. The number of nitrogens with zero attached hydrogens (tertiary/aromatic N) is 5. The minimum Gasteiger partial charge on any atom is -0.374 e. The number of piperazine rings is 1. The van der Waals surface area contributed by atoms with Gasteiger partial charge in [0, 0.05) is 70.7 Å². The van der Waals surface area contributed by atoms with E-state index < -0.39 is 0 Å². The molecule has 9 heteroatoms. The Morgan fingerprint density at radius 2 is 2.00 bits per heavy atom. The van der Waals surface area contributed by atoms with Gasteiger partial charge in [-0.3, -0.25) is 4.90 Å². The number of guanidine groups is 1. The highest BCUT2D eigenvalue weighted by atomic mass is 127. The molecule has 0 saturated carbocycles. The fourth-order valence-electron chi connectivity index (χ4n) is 4.16. The summed E-state index contributed by atoms with van der Waals surface area (Å²) in [4.78, 5) is 16.8. The van der Waals surface area contributed by atoms with Gasteiger partial charge in [-0.15, -0.1) is 24.0 Å². The number of hydrogen-bond donors (Lipinski definition) is 2. The zero-order valence-electron chi connectivity index (χ0n) is 20.2. The lowest BCUT2D eigenvalue weighted by Crippen LogP contribution is -2.50. The molecule has 1 aromatic rings. The topological polar surface area (TPSA) is 68.3 Å². The summed E-state index contributed by atoms with van der Waals surface area (Å²) in [5, 5.41) is 6.86. The summed E-state index contributed by atoms with van der Waals surface area (Å²) in [6, 6.07) is 4.14. The van der Waals surface area contributed by atoms with Crippen molar-refractivity contribution in [3.8, 4) is 0 Å². The monoisotopic (exact) mass is 559 g/mol. The van der Waals surface area contributed by atoms with Gasteiger partial charge in [-0.25, -0.2) is 9.98 Å². The molecule has 3 rings (SSSR count). The third-order valence-electron chi connectivity index (χ3n) is 5.77. The molecule has 32 heavy (non-hydrogen) atoms. The van der Waals surface area contributed by atoms with Crippen LogP contribution in [0.1, 0.15) is 26.3 Å².